The molecular formula is C15H17N3O3S. The number of carbonyl (C=O) groups excluding carboxylic acids is 2. The average Bonchev–Trinajstić information content (AvgIpc) is 3.11. The number of thiophene rings is 1. The molecule has 0 bridgehead atoms. The zero-order valence-electron chi connectivity index (χ0n) is 12.1. The number of carbonyl (C=O) groups is 2. The minimum Gasteiger partial charge on any atom is -0.383 e. The molecule has 1 aliphatic rings. The first-order valence-electron chi connectivity index (χ1n) is 7.02. The molecule has 1 aromatic carbocycles. The van der Waals surface area contributed by atoms with Crippen molar-refractivity contribution in [3.05, 3.63) is 35.2 Å². The number of benzene rings is 1. The number of aliphatic hydroxyl groups is 1. The third-order valence-electron chi connectivity index (χ3n) is 3.64. The second-order valence-electron chi connectivity index (χ2n) is 5.46. The Balaban J connectivity index is 1.70. The summed E-state index contributed by atoms with van der Waals surface area (Å²) in [4.78, 5) is 25.2. The lowest BCUT2D eigenvalue weighted by Crippen LogP contribution is -2.46. The number of urea groups is 2. The Morgan fingerprint density at radius 1 is 1.50 bits per heavy atom. The van der Waals surface area contributed by atoms with E-state index < -0.39 is 17.7 Å². The summed E-state index contributed by atoms with van der Waals surface area (Å²) >= 11 is 1.49. The van der Waals surface area contributed by atoms with E-state index in [2.05, 4.69) is 10.6 Å². The molecule has 6 nitrogen and oxygen atoms in total. The van der Waals surface area contributed by atoms with Crippen molar-refractivity contribution < 1.29 is 14.7 Å². The van der Waals surface area contributed by atoms with Gasteiger partial charge >= 0.3 is 12.1 Å². The van der Waals surface area contributed by atoms with Crippen molar-refractivity contribution in [1.82, 2.24) is 15.5 Å². The number of hydrogen-bond donors (Lipinski definition) is 3. The first-order chi connectivity index (χ1) is 10.5. The fourth-order valence-corrected chi connectivity index (χ4v) is 3.45. The van der Waals surface area contributed by atoms with Crippen molar-refractivity contribution >= 4 is 33.5 Å². The third kappa shape index (κ3) is 2.77. The lowest BCUT2D eigenvalue weighted by Gasteiger charge is -2.23. The maximum absolute atomic E-state index is 12.0. The van der Waals surface area contributed by atoms with Gasteiger partial charge in [0.25, 0.3) is 0 Å². The van der Waals surface area contributed by atoms with Gasteiger partial charge in [-0.3, -0.25) is 0 Å². The summed E-state index contributed by atoms with van der Waals surface area (Å²) in [7, 11) is 0. The molecule has 116 valence electrons. The Morgan fingerprint density at radius 3 is 2.95 bits per heavy atom. The Bertz CT molecular complexity index is 693. The van der Waals surface area contributed by atoms with Crippen LogP contribution in [0.25, 0.3) is 10.1 Å². The van der Waals surface area contributed by atoms with Gasteiger partial charge < -0.3 is 15.7 Å². The molecular weight excluding hydrogens is 302 g/mol. The van der Waals surface area contributed by atoms with Crippen molar-refractivity contribution in [3.63, 3.8) is 0 Å². The number of fused-ring (bicyclic) bond motifs is 1. The molecule has 1 atom stereocenters. The van der Waals surface area contributed by atoms with Crippen LogP contribution in [0.15, 0.2) is 30.3 Å². The van der Waals surface area contributed by atoms with Gasteiger partial charge in [-0.05, 0) is 24.4 Å². The topological polar surface area (TPSA) is 81.7 Å². The van der Waals surface area contributed by atoms with E-state index >= 15 is 0 Å². The number of amides is 4. The SMILES string of the molecule is C[C@@](O)(CNC(=O)N1CCNC1=O)c1cc2ccccc2s1. The van der Waals surface area contributed by atoms with Gasteiger partial charge in [-0.1, -0.05) is 18.2 Å². The number of nitrogens with one attached hydrogen (secondary N) is 2. The van der Waals surface area contributed by atoms with Gasteiger partial charge in [0.05, 0.1) is 6.54 Å². The van der Waals surface area contributed by atoms with Crippen LogP contribution in [0.2, 0.25) is 0 Å². The Morgan fingerprint density at radius 2 is 2.27 bits per heavy atom. The van der Waals surface area contributed by atoms with Crippen LogP contribution >= 0.6 is 11.3 Å². The molecule has 1 saturated heterocycles. The fourth-order valence-electron chi connectivity index (χ4n) is 2.34. The predicted octanol–water partition coefficient (Wildman–Crippen LogP) is 1.84. The van der Waals surface area contributed by atoms with E-state index in [0.717, 1.165) is 19.9 Å². The molecule has 1 aromatic heterocycles. The lowest BCUT2D eigenvalue weighted by molar-refractivity contribution is 0.0620. The third-order valence-corrected chi connectivity index (χ3v) is 5.01. The van der Waals surface area contributed by atoms with E-state index in [9.17, 15) is 14.7 Å². The number of rotatable bonds is 3. The lowest BCUT2D eigenvalue weighted by atomic mass is 10.0. The summed E-state index contributed by atoms with van der Waals surface area (Å²) in [5, 5.41) is 16.9. The molecule has 1 fully saturated rings. The van der Waals surface area contributed by atoms with Crippen LogP contribution in [-0.4, -0.2) is 41.7 Å². The Hall–Kier alpha value is -2.12. The monoisotopic (exact) mass is 319 g/mol. The maximum Gasteiger partial charge on any atom is 0.325 e. The normalized spacial score (nSPS) is 17.4. The Kier molecular flexibility index (Phi) is 3.76. The van der Waals surface area contributed by atoms with Crippen LogP contribution in [0.3, 0.4) is 0 Å². The van der Waals surface area contributed by atoms with Gasteiger partial charge in [0.1, 0.15) is 5.60 Å². The first kappa shape index (κ1) is 14.8. The number of hydrogen-bond acceptors (Lipinski definition) is 4. The molecule has 0 spiro atoms. The summed E-state index contributed by atoms with van der Waals surface area (Å²) in [6.45, 7) is 2.50. The maximum atomic E-state index is 12.0. The highest BCUT2D eigenvalue weighted by Crippen LogP contribution is 2.32. The molecule has 7 heteroatoms. The summed E-state index contributed by atoms with van der Waals surface area (Å²) < 4.78 is 1.09. The minimum absolute atomic E-state index is 0.0441. The van der Waals surface area contributed by atoms with Crippen molar-refractivity contribution in [3.8, 4) is 0 Å². The van der Waals surface area contributed by atoms with Crippen molar-refractivity contribution in [2.75, 3.05) is 19.6 Å². The Labute approximate surface area is 131 Å². The predicted molar refractivity (Wildman–Crippen MR) is 84.9 cm³/mol. The molecule has 0 unspecified atom stereocenters. The van der Waals surface area contributed by atoms with E-state index in [1.807, 2.05) is 30.3 Å². The van der Waals surface area contributed by atoms with Crippen LogP contribution in [0, 0.1) is 0 Å². The number of nitrogens with zero attached hydrogens (tertiary/aromatic N) is 1. The highest BCUT2D eigenvalue weighted by atomic mass is 32.1. The van der Waals surface area contributed by atoms with Crippen molar-refractivity contribution in [2.24, 2.45) is 0 Å². The van der Waals surface area contributed by atoms with Crippen LogP contribution in [0.1, 0.15) is 11.8 Å². The summed E-state index contributed by atoms with van der Waals surface area (Å²) in [5.41, 5.74) is -1.18. The van der Waals surface area contributed by atoms with E-state index in [4.69, 9.17) is 0 Å². The molecule has 3 N–H and O–H groups in total. The summed E-state index contributed by atoms with van der Waals surface area (Å²) in [6.07, 6.45) is 0. The standard InChI is InChI=1S/C15H17N3O3S/c1-15(21,9-17-14(20)18-7-6-16-13(18)19)12-8-10-4-2-3-5-11(10)22-12/h2-5,8,21H,6-7,9H2,1H3,(H,16,19)(H,17,20)/t15-/m1/s1. The van der Waals surface area contributed by atoms with E-state index in [1.165, 1.54) is 11.3 Å². The molecule has 3 rings (SSSR count). The van der Waals surface area contributed by atoms with Gasteiger partial charge in [-0.15, -0.1) is 11.3 Å². The van der Waals surface area contributed by atoms with E-state index in [0.29, 0.717) is 13.1 Å². The highest BCUT2D eigenvalue weighted by molar-refractivity contribution is 7.19. The second kappa shape index (κ2) is 5.58. The molecule has 0 aliphatic carbocycles. The van der Waals surface area contributed by atoms with Crippen LogP contribution in [0.5, 0.6) is 0 Å². The first-order valence-corrected chi connectivity index (χ1v) is 7.84. The smallest absolute Gasteiger partial charge is 0.325 e. The van der Waals surface area contributed by atoms with Crippen molar-refractivity contribution in [1.29, 1.82) is 0 Å². The van der Waals surface area contributed by atoms with Crippen LogP contribution in [0.4, 0.5) is 9.59 Å². The van der Waals surface area contributed by atoms with Gasteiger partial charge in [-0.25, -0.2) is 14.5 Å². The quantitative estimate of drug-likeness (QED) is 0.807. The zero-order chi connectivity index (χ0) is 15.7. The van der Waals surface area contributed by atoms with Crippen LogP contribution in [-0.2, 0) is 5.60 Å². The van der Waals surface area contributed by atoms with Gasteiger partial charge in [0.2, 0.25) is 0 Å². The van der Waals surface area contributed by atoms with Gasteiger partial charge in [-0.2, -0.15) is 0 Å². The van der Waals surface area contributed by atoms with Crippen LogP contribution < -0.4 is 10.6 Å². The largest absolute Gasteiger partial charge is 0.383 e. The molecule has 22 heavy (non-hydrogen) atoms. The van der Waals surface area contributed by atoms with Gasteiger partial charge in [0, 0.05) is 22.7 Å². The van der Waals surface area contributed by atoms with Gasteiger partial charge in [0.15, 0.2) is 0 Å². The molecule has 2 aromatic rings. The number of imide groups is 1. The average molecular weight is 319 g/mol. The molecule has 1 aliphatic heterocycles. The van der Waals surface area contributed by atoms with E-state index in [-0.39, 0.29) is 6.54 Å². The highest BCUT2D eigenvalue weighted by Gasteiger charge is 2.30. The molecule has 4 amide bonds. The fraction of sp³-hybridized carbons (Fsp3) is 0.333. The summed E-state index contributed by atoms with van der Waals surface area (Å²) in [5.74, 6) is 0. The molecule has 0 saturated carbocycles. The van der Waals surface area contributed by atoms with Crippen molar-refractivity contribution in [2.45, 2.75) is 12.5 Å². The molecule has 0 radical (unpaired) electrons. The zero-order valence-corrected chi connectivity index (χ0v) is 12.9. The molecule has 2 heterocycles. The minimum atomic E-state index is -1.18. The summed E-state index contributed by atoms with van der Waals surface area (Å²) in [6, 6.07) is 8.90. The van der Waals surface area contributed by atoms with E-state index in [1.54, 1.807) is 6.92 Å². The second-order valence-corrected chi connectivity index (χ2v) is 6.55.